The molecule has 1 N–H and O–H groups in total. The first-order valence-electron chi connectivity index (χ1n) is 12.0. The van der Waals surface area contributed by atoms with Crippen molar-refractivity contribution in [2.45, 2.75) is 13.5 Å². The summed E-state index contributed by atoms with van der Waals surface area (Å²) >= 11 is 2.15. The molecule has 1 aliphatic rings. The van der Waals surface area contributed by atoms with Crippen LogP contribution >= 0.6 is 22.6 Å². The Morgan fingerprint density at radius 2 is 1.63 bits per heavy atom. The number of para-hydroxylation sites is 1. The molecule has 1 aliphatic heterocycles. The molecule has 8 heteroatoms. The standard InChI is InChI=1S/C30H23IN2O5/c1-2-37-26-17-19(15-24-28(34)32-30(36)33(29(24)35)22-12-4-3-5-13-22)16-25(31)27(26)38-18-21-11-8-10-20-9-6-7-14-23(20)21/h3-17H,2,18H2,1H3,(H,32,34,36)/b24-15+. The summed E-state index contributed by atoms with van der Waals surface area (Å²) in [5.74, 6) is -0.389. The maximum atomic E-state index is 13.2. The summed E-state index contributed by atoms with van der Waals surface area (Å²) in [5.41, 5.74) is 1.82. The smallest absolute Gasteiger partial charge is 0.335 e. The van der Waals surface area contributed by atoms with Gasteiger partial charge in [-0.3, -0.25) is 14.9 Å². The van der Waals surface area contributed by atoms with E-state index in [0.29, 0.717) is 36.0 Å². The monoisotopic (exact) mass is 618 g/mol. The first kappa shape index (κ1) is 25.5. The zero-order chi connectivity index (χ0) is 26.6. The van der Waals surface area contributed by atoms with Gasteiger partial charge in [-0.15, -0.1) is 0 Å². The van der Waals surface area contributed by atoms with Gasteiger partial charge >= 0.3 is 6.03 Å². The zero-order valence-electron chi connectivity index (χ0n) is 20.4. The number of rotatable bonds is 7. The maximum absolute atomic E-state index is 13.2. The lowest BCUT2D eigenvalue weighted by Gasteiger charge is -2.26. The molecule has 1 heterocycles. The van der Waals surface area contributed by atoms with Gasteiger partial charge in [-0.2, -0.15) is 0 Å². The van der Waals surface area contributed by atoms with Gasteiger partial charge in [-0.25, -0.2) is 9.69 Å². The molecule has 38 heavy (non-hydrogen) atoms. The number of carbonyl (C=O) groups is 3. The lowest BCUT2D eigenvalue weighted by molar-refractivity contribution is -0.122. The number of benzene rings is 4. The largest absolute Gasteiger partial charge is 0.490 e. The summed E-state index contributed by atoms with van der Waals surface area (Å²) in [6.45, 7) is 2.61. The van der Waals surface area contributed by atoms with Gasteiger partial charge in [0.05, 0.1) is 15.9 Å². The fourth-order valence-corrected chi connectivity index (χ4v) is 5.06. The van der Waals surface area contributed by atoms with Crippen LogP contribution in [-0.4, -0.2) is 24.5 Å². The minimum atomic E-state index is -0.787. The van der Waals surface area contributed by atoms with Crippen LogP contribution in [0.1, 0.15) is 18.1 Å². The van der Waals surface area contributed by atoms with Crippen molar-refractivity contribution in [2.75, 3.05) is 11.5 Å². The van der Waals surface area contributed by atoms with Crippen LogP contribution in [0.3, 0.4) is 0 Å². The van der Waals surface area contributed by atoms with E-state index in [4.69, 9.17) is 9.47 Å². The normalized spacial score (nSPS) is 14.6. The second-order valence-electron chi connectivity index (χ2n) is 8.48. The second-order valence-corrected chi connectivity index (χ2v) is 9.65. The number of carbonyl (C=O) groups excluding carboxylic acids is 3. The van der Waals surface area contributed by atoms with Crippen molar-refractivity contribution in [1.29, 1.82) is 0 Å². The van der Waals surface area contributed by atoms with Crippen molar-refractivity contribution in [3.05, 3.63) is 105 Å². The Morgan fingerprint density at radius 3 is 2.42 bits per heavy atom. The number of urea groups is 1. The van der Waals surface area contributed by atoms with Crippen LogP contribution in [0.15, 0.2) is 90.5 Å². The van der Waals surface area contributed by atoms with Crippen molar-refractivity contribution in [3.63, 3.8) is 0 Å². The third-order valence-electron chi connectivity index (χ3n) is 6.01. The Hall–Kier alpha value is -4.18. The van der Waals surface area contributed by atoms with Gasteiger partial charge in [0.1, 0.15) is 12.2 Å². The number of nitrogens with zero attached hydrogens (tertiary/aromatic N) is 1. The fourth-order valence-electron chi connectivity index (χ4n) is 4.28. The Kier molecular flexibility index (Phi) is 7.41. The molecular weight excluding hydrogens is 595 g/mol. The second kappa shape index (κ2) is 11.1. The predicted octanol–water partition coefficient (Wildman–Crippen LogP) is 6.09. The molecule has 1 fully saturated rings. The third-order valence-corrected chi connectivity index (χ3v) is 6.81. The summed E-state index contributed by atoms with van der Waals surface area (Å²) in [7, 11) is 0. The topological polar surface area (TPSA) is 84.9 Å². The van der Waals surface area contributed by atoms with Gasteiger partial charge in [0.25, 0.3) is 11.8 Å². The van der Waals surface area contributed by atoms with E-state index in [9.17, 15) is 14.4 Å². The lowest BCUT2D eigenvalue weighted by Crippen LogP contribution is -2.54. The van der Waals surface area contributed by atoms with E-state index in [2.05, 4.69) is 46.1 Å². The van der Waals surface area contributed by atoms with E-state index in [-0.39, 0.29) is 5.57 Å². The minimum Gasteiger partial charge on any atom is -0.490 e. The minimum absolute atomic E-state index is 0.156. The van der Waals surface area contributed by atoms with Crippen molar-refractivity contribution in [1.82, 2.24) is 5.32 Å². The quantitative estimate of drug-likeness (QED) is 0.154. The average molecular weight is 618 g/mol. The highest BCUT2D eigenvalue weighted by atomic mass is 127. The molecule has 0 aromatic heterocycles. The van der Waals surface area contributed by atoms with Gasteiger partial charge in [-0.05, 0) is 81.8 Å². The molecule has 190 valence electrons. The number of hydrogen-bond acceptors (Lipinski definition) is 5. The maximum Gasteiger partial charge on any atom is 0.335 e. The molecule has 1 saturated heterocycles. The van der Waals surface area contributed by atoms with Crippen LogP contribution in [0.2, 0.25) is 0 Å². The lowest BCUT2D eigenvalue weighted by atomic mass is 10.1. The molecule has 0 radical (unpaired) electrons. The number of ether oxygens (including phenoxy) is 2. The van der Waals surface area contributed by atoms with E-state index >= 15 is 0 Å². The van der Waals surface area contributed by atoms with Gasteiger partial charge < -0.3 is 9.47 Å². The predicted molar refractivity (Wildman–Crippen MR) is 154 cm³/mol. The molecule has 0 unspecified atom stereocenters. The van der Waals surface area contributed by atoms with Gasteiger partial charge in [0, 0.05) is 0 Å². The summed E-state index contributed by atoms with van der Waals surface area (Å²) < 4.78 is 12.9. The third kappa shape index (κ3) is 5.12. The summed E-state index contributed by atoms with van der Waals surface area (Å²) in [4.78, 5) is 39.2. The molecule has 0 saturated carbocycles. The number of halogens is 1. The highest BCUT2D eigenvalue weighted by Gasteiger charge is 2.36. The van der Waals surface area contributed by atoms with Crippen molar-refractivity contribution in [2.24, 2.45) is 0 Å². The van der Waals surface area contributed by atoms with Crippen LogP contribution in [0, 0.1) is 3.57 Å². The van der Waals surface area contributed by atoms with Crippen LogP contribution < -0.4 is 19.7 Å². The van der Waals surface area contributed by atoms with Crippen molar-refractivity contribution in [3.8, 4) is 11.5 Å². The Morgan fingerprint density at radius 1 is 0.895 bits per heavy atom. The number of fused-ring (bicyclic) bond motifs is 1. The average Bonchev–Trinajstić information content (AvgIpc) is 2.91. The highest BCUT2D eigenvalue weighted by Crippen LogP contribution is 2.36. The first-order valence-corrected chi connectivity index (χ1v) is 13.1. The van der Waals surface area contributed by atoms with Crippen molar-refractivity contribution < 1.29 is 23.9 Å². The number of amides is 4. The first-order chi connectivity index (χ1) is 18.5. The Balaban J connectivity index is 1.46. The number of barbiturate groups is 1. The van der Waals surface area contributed by atoms with Crippen LogP contribution in [0.4, 0.5) is 10.5 Å². The zero-order valence-corrected chi connectivity index (χ0v) is 22.6. The van der Waals surface area contributed by atoms with E-state index in [1.54, 1.807) is 42.5 Å². The molecule has 5 rings (SSSR count). The van der Waals surface area contributed by atoms with Gasteiger partial charge in [0.15, 0.2) is 11.5 Å². The van der Waals surface area contributed by atoms with Crippen LogP contribution in [0.5, 0.6) is 11.5 Å². The number of nitrogens with one attached hydrogen (secondary N) is 1. The molecular formula is C30H23IN2O5. The molecule has 0 aliphatic carbocycles. The van der Waals surface area contributed by atoms with Crippen LogP contribution in [-0.2, 0) is 16.2 Å². The van der Waals surface area contributed by atoms with Gasteiger partial charge in [-0.1, -0.05) is 60.7 Å². The Bertz CT molecular complexity index is 1580. The molecule has 4 aromatic carbocycles. The summed E-state index contributed by atoms with van der Waals surface area (Å²) in [6.07, 6.45) is 1.46. The van der Waals surface area contributed by atoms with E-state index < -0.39 is 17.8 Å². The molecule has 4 amide bonds. The summed E-state index contributed by atoms with van der Waals surface area (Å²) in [6, 6.07) is 25.4. The molecule has 0 bridgehead atoms. The van der Waals surface area contributed by atoms with Gasteiger partial charge in [0.2, 0.25) is 0 Å². The fraction of sp³-hybridized carbons (Fsp3) is 0.100. The number of imide groups is 2. The molecule has 0 spiro atoms. The Labute approximate surface area is 233 Å². The highest BCUT2D eigenvalue weighted by molar-refractivity contribution is 14.1. The van der Waals surface area contributed by atoms with E-state index in [0.717, 1.165) is 24.8 Å². The summed E-state index contributed by atoms with van der Waals surface area (Å²) in [5, 5.41) is 4.50. The van der Waals surface area contributed by atoms with Crippen LogP contribution in [0.25, 0.3) is 16.8 Å². The van der Waals surface area contributed by atoms with E-state index in [1.165, 1.54) is 6.08 Å². The molecule has 4 aromatic rings. The number of hydrogen-bond donors (Lipinski definition) is 1. The van der Waals surface area contributed by atoms with Crippen molar-refractivity contribution >= 4 is 63.0 Å². The van der Waals surface area contributed by atoms with E-state index in [1.807, 2.05) is 31.2 Å². The molecule has 7 nitrogen and oxygen atoms in total. The number of anilines is 1. The SMILES string of the molecule is CCOc1cc(/C=C2\C(=O)NC(=O)N(c3ccccc3)C2=O)cc(I)c1OCc1cccc2ccccc12. The molecule has 0 atom stereocenters.